The molecule has 0 saturated heterocycles. The van der Waals surface area contributed by atoms with Gasteiger partial charge in [-0.2, -0.15) is 0 Å². The first-order valence-electron chi connectivity index (χ1n) is 9.25. The van der Waals surface area contributed by atoms with Gasteiger partial charge in [-0.25, -0.2) is 0 Å². The largest absolute Gasteiger partial charge is 0.356 e. The lowest BCUT2D eigenvalue weighted by Crippen LogP contribution is -2.40. The number of aromatic nitrogens is 3. The van der Waals surface area contributed by atoms with Crippen LogP contribution in [0.2, 0.25) is 0 Å². The molecule has 0 radical (unpaired) electrons. The highest BCUT2D eigenvalue weighted by Gasteiger charge is 2.03. The SMILES string of the molecule is CCc1nncn1CCNC(=NCC(C)C)NCCSc1ccccc1.I. The average Bonchev–Trinajstić information content (AvgIpc) is 3.11. The fraction of sp³-hybridized carbons (Fsp3) is 0.526. The van der Waals surface area contributed by atoms with Crippen LogP contribution in [-0.4, -0.2) is 46.1 Å². The summed E-state index contributed by atoms with van der Waals surface area (Å²) in [5, 5.41) is 14.9. The van der Waals surface area contributed by atoms with Crippen LogP contribution in [0.25, 0.3) is 0 Å². The lowest BCUT2D eigenvalue weighted by Gasteiger charge is -2.14. The Bertz CT molecular complexity index is 659. The topological polar surface area (TPSA) is 67.1 Å². The first-order chi connectivity index (χ1) is 12.7. The van der Waals surface area contributed by atoms with Gasteiger partial charge < -0.3 is 15.2 Å². The summed E-state index contributed by atoms with van der Waals surface area (Å²) in [6.45, 7) is 9.76. The molecule has 1 aromatic heterocycles. The molecule has 0 aliphatic rings. The Labute approximate surface area is 184 Å². The van der Waals surface area contributed by atoms with Crippen molar-refractivity contribution >= 4 is 41.7 Å². The molecule has 8 heteroatoms. The third-order valence-corrected chi connectivity index (χ3v) is 4.69. The molecule has 0 amide bonds. The third kappa shape index (κ3) is 9.46. The van der Waals surface area contributed by atoms with E-state index >= 15 is 0 Å². The highest BCUT2D eigenvalue weighted by atomic mass is 127. The fourth-order valence-corrected chi connectivity index (χ4v) is 3.13. The monoisotopic (exact) mass is 502 g/mol. The van der Waals surface area contributed by atoms with Crippen LogP contribution in [0, 0.1) is 5.92 Å². The van der Waals surface area contributed by atoms with Crippen molar-refractivity contribution in [2.45, 2.75) is 38.6 Å². The van der Waals surface area contributed by atoms with Gasteiger partial charge >= 0.3 is 0 Å². The highest BCUT2D eigenvalue weighted by Crippen LogP contribution is 2.15. The van der Waals surface area contributed by atoms with Crippen LogP contribution in [-0.2, 0) is 13.0 Å². The molecule has 0 unspecified atom stereocenters. The summed E-state index contributed by atoms with van der Waals surface area (Å²) < 4.78 is 2.08. The highest BCUT2D eigenvalue weighted by molar-refractivity contribution is 14.0. The summed E-state index contributed by atoms with van der Waals surface area (Å²) in [5.41, 5.74) is 0. The number of hydrogen-bond acceptors (Lipinski definition) is 4. The predicted molar refractivity (Wildman–Crippen MR) is 125 cm³/mol. The zero-order chi connectivity index (χ0) is 18.6. The Morgan fingerprint density at radius 3 is 2.63 bits per heavy atom. The van der Waals surface area contributed by atoms with Crippen LogP contribution in [0.3, 0.4) is 0 Å². The first-order valence-corrected chi connectivity index (χ1v) is 10.2. The number of aliphatic imine (C=N–C) groups is 1. The quantitative estimate of drug-likeness (QED) is 0.171. The summed E-state index contributed by atoms with van der Waals surface area (Å²) in [5.74, 6) is 3.42. The average molecular weight is 502 g/mol. The van der Waals surface area contributed by atoms with Gasteiger partial charge in [0.25, 0.3) is 0 Å². The number of aryl methyl sites for hydroxylation is 1. The molecule has 2 N–H and O–H groups in total. The van der Waals surface area contributed by atoms with Crippen molar-refractivity contribution in [3.8, 4) is 0 Å². The smallest absolute Gasteiger partial charge is 0.191 e. The van der Waals surface area contributed by atoms with Gasteiger partial charge in [-0.3, -0.25) is 4.99 Å². The molecule has 0 aliphatic heterocycles. The summed E-state index contributed by atoms with van der Waals surface area (Å²) in [6, 6.07) is 10.5. The van der Waals surface area contributed by atoms with E-state index in [0.29, 0.717) is 5.92 Å². The molecule has 0 aliphatic carbocycles. The Kier molecular flexibility index (Phi) is 12.2. The molecule has 150 valence electrons. The van der Waals surface area contributed by atoms with E-state index in [1.54, 1.807) is 6.33 Å². The predicted octanol–water partition coefficient (Wildman–Crippen LogP) is 3.44. The molecular weight excluding hydrogens is 471 g/mol. The summed E-state index contributed by atoms with van der Waals surface area (Å²) in [4.78, 5) is 5.97. The maximum Gasteiger partial charge on any atom is 0.191 e. The number of thioether (sulfide) groups is 1. The van der Waals surface area contributed by atoms with Gasteiger partial charge in [-0.05, 0) is 18.1 Å². The number of nitrogens with zero attached hydrogens (tertiary/aromatic N) is 4. The van der Waals surface area contributed by atoms with Crippen LogP contribution < -0.4 is 10.6 Å². The van der Waals surface area contributed by atoms with E-state index in [-0.39, 0.29) is 24.0 Å². The van der Waals surface area contributed by atoms with Crippen molar-refractivity contribution < 1.29 is 0 Å². The zero-order valence-corrected chi connectivity index (χ0v) is 19.5. The molecule has 0 saturated carbocycles. The van der Waals surface area contributed by atoms with Crippen molar-refractivity contribution in [2.24, 2.45) is 10.9 Å². The third-order valence-electron chi connectivity index (χ3n) is 3.68. The molecule has 2 aromatic rings. The van der Waals surface area contributed by atoms with Crippen molar-refractivity contribution in [1.82, 2.24) is 25.4 Å². The minimum absolute atomic E-state index is 0. The molecule has 1 heterocycles. The second-order valence-corrected chi connectivity index (χ2v) is 7.56. The Morgan fingerprint density at radius 1 is 1.19 bits per heavy atom. The van der Waals surface area contributed by atoms with Gasteiger partial charge in [0.15, 0.2) is 5.96 Å². The Morgan fingerprint density at radius 2 is 1.93 bits per heavy atom. The molecule has 1 aromatic carbocycles. The molecule has 0 atom stereocenters. The van der Waals surface area contributed by atoms with Gasteiger partial charge in [0.2, 0.25) is 0 Å². The standard InChI is InChI=1S/C19H30N6S.HI/c1-4-18-24-23-15-25(18)12-10-20-19(22-14-16(2)3)21-11-13-26-17-8-6-5-7-9-17;/h5-9,15-16H,4,10-14H2,1-3H3,(H2,20,21,22);1H. The number of benzene rings is 1. The van der Waals surface area contributed by atoms with E-state index in [1.807, 2.05) is 17.8 Å². The fourth-order valence-electron chi connectivity index (χ4n) is 2.34. The maximum absolute atomic E-state index is 4.67. The van der Waals surface area contributed by atoms with E-state index < -0.39 is 0 Å². The van der Waals surface area contributed by atoms with Crippen molar-refractivity contribution in [3.63, 3.8) is 0 Å². The van der Waals surface area contributed by atoms with Crippen molar-refractivity contribution in [2.75, 3.05) is 25.4 Å². The number of hydrogen-bond donors (Lipinski definition) is 2. The second kappa shape index (κ2) is 13.8. The van der Waals surface area contributed by atoms with E-state index in [9.17, 15) is 0 Å². The molecule has 0 bridgehead atoms. The van der Waals surface area contributed by atoms with Crippen LogP contribution in [0.4, 0.5) is 0 Å². The Hall–Kier alpha value is -1.29. The van der Waals surface area contributed by atoms with E-state index in [4.69, 9.17) is 0 Å². The molecule has 2 rings (SSSR count). The first kappa shape index (κ1) is 23.7. The van der Waals surface area contributed by atoms with Crippen LogP contribution >= 0.6 is 35.7 Å². The Balaban J connectivity index is 0.00000364. The van der Waals surface area contributed by atoms with Crippen molar-refractivity contribution in [1.29, 1.82) is 0 Å². The number of guanidine groups is 1. The minimum Gasteiger partial charge on any atom is -0.356 e. The molecule has 27 heavy (non-hydrogen) atoms. The van der Waals surface area contributed by atoms with E-state index in [1.165, 1.54) is 4.90 Å². The number of halogens is 1. The molecule has 0 spiro atoms. The minimum atomic E-state index is 0. The van der Waals surface area contributed by atoms with Gasteiger partial charge in [0.05, 0.1) is 0 Å². The van der Waals surface area contributed by atoms with Gasteiger partial charge in [-0.15, -0.1) is 45.9 Å². The number of nitrogens with one attached hydrogen (secondary N) is 2. The van der Waals surface area contributed by atoms with Crippen LogP contribution in [0.1, 0.15) is 26.6 Å². The normalized spacial score (nSPS) is 11.3. The van der Waals surface area contributed by atoms with E-state index in [0.717, 1.165) is 50.1 Å². The van der Waals surface area contributed by atoms with Crippen LogP contribution in [0.5, 0.6) is 0 Å². The van der Waals surface area contributed by atoms with E-state index in [2.05, 4.69) is 75.4 Å². The maximum atomic E-state index is 4.67. The molecule has 6 nitrogen and oxygen atoms in total. The molecule has 0 fully saturated rings. The summed E-state index contributed by atoms with van der Waals surface area (Å²) >= 11 is 1.85. The second-order valence-electron chi connectivity index (χ2n) is 6.39. The van der Waals surface area contributed by atoms with Gasteiger partial charge in [0, 0.05) is 43.2 Å². The van der Waals surface area contributed by atoms with Crippen LogP contribution in [0.15, 0.2) is 46.5 Å². The zero-order valence-electron chi connectivity index (χ0n) is 16.4. The van der Waals surface area contributed by atoms with Gasteiger partial charge in [-0.1, -0.05) is 39.0 Å². The summed E-state index contributed by atoms with van der Waals surface area (Å²) in [7, 11) is 0. The summed E-state index contributed by atoms with van der Waals surface area (Å²) in [6.07, 6.45) is 2.68. The lowest BCUT2D eigenvalue weighted by molar-refractivity contribution is 0.624. The number of rotatable bonds is 10. The molecular formula is C19H31IN6S. The lowest BCUT2D eigenvalue weighted by atomic mass is 10.2. The van der Waals surface area contributed by atoms with Crippen molar-refractivity contribution in [3.05, 3.63) is 42.5 Å². The van der Waals surface area contributed by atoms with Gasteiger partial charge in [0.1, 0.15) is 12.2 Å².